The van der Waals surface area contributed by atoms with Crippen LogP contribution in [0.4, 0.5) is 4.39 Å². The van der Waals surface area contributed by atoms with Crippen molar-refractivity contribution in [3.8, 4) is 0 Å². The quantitative estimate of drug-likeness (QED) is 0.816. The molecule has 1 aliphatic rings. The lowest BCUT2D eigenvalue weighted by atomic mass is 9.68. The van der Waals surface area contributed by atoms with E-state index in [1.54, 1.807) is 0 Å². The molecule has 3 nitrogen and oxygen atoms in total. The zero-order valence-electron chi connectivity index (χ0n) is 11.7. The van der Waals surface area contributed by atoms with E-state index >= 15 is 0 Å². The number of Topliss-reactive ketones (excluding diaryl/α,β-unsaturated/α-hetero) is 1. The molecule has 0 bridgehead atoms. The third-order valence-corrected chi connectivity index (χ3v) is 4.38. The Morgan fingerprint density at radius 2 is 1.81 bits per heavy atom. The maximum Gasteiger partial charge on any atom is 0.303 e. The average Bonchev–Trinajstić information content (AvgIpc) is 2.37. The first-order valence-corrected chi connectivity index (χ1v) is 7.49. The second-order valence-electron chi connectivity index (χ2n) is 5.89. The Kier molecular flexibility index (Phi) is 4.99. The van der Waals surface area contributed by atoms with Crippen molar-refractivity contribution in [3.05, 3.63) is 34.6 Å². The number of hydrogen-bond donors (Lipinski definition) is 1. The van der Waals surface area contributed by atoms with Gasteiger partial charge in [0, 0.05) is 17.0 Å². The van der Waals surface area contributed by atoms with Crippen LogP contribution in [0.5, 0.6) is 0 Å². The molecular weight excluding hydrogens is 295 g/mol. The molecule has 0 unspecified atom stereocenters. The molecule has 5 heteroatoms. The number of hydrogen-bond acceptors (Lipinski definition) is 2. The lowest BCUT2D eigenvalue weighted by molar-refractivity contribution is -0.140. The molecule has 0 aliphatic heterocycles. The molecule has 0 amide bonds. The van der Waals surface area contributed by atoms with Gasteiger partial charge in [-0.2, -0.15) is 0 Å². The summed E-state index contributed by atoms with van der Waals surface area (Å²) in [6.07, 6.45) is 4.53. The van der Waals surface area contributed by atoms with Crippen molar-refractivity contribution in [3.63, 3.8) is 0 Å². The summed E-state index contributed by atoms with van der Waals surface area (Å²) in [6, 6.07) is 3.74. The summed E-state index contributed by atoms with van der Waals surface area (Å²) in [6.45, 7) is 0. The fraction of sp³-hybridized carbons (Fsp3) is 0.500. The number of halogens is 2. The van der Waals surface area contributed by atoms with Gasteiger partial charge in [0.15, 0.2) is 5.78 Å². The zero-order chi connectivity index (χ0) is 15.5. The SMILES string of the molecule is O=C(O)CC1(CC(=O)c2cc(F)cc(Cl)c2)CCCCC1. The molecule has 0 atom stereocenters. The molecule has 1 aromatic carbocycles. The summed E-state index contributed by atoms with van der Waals surface area (Å²) < 4.78 is 13.3. The van der Waals surface area contributed by atoms with Crippen LogP contribution in [0.1, 0.15) is 55.3 Å². The number of carbonyl (C=O) groups excluding carboxylic acids is 1. The van der Waals surface area contributed by atoms with E-state index in [-0.39, 0.29) is 29.2 Å². The number of benzene rings is 1. The lowest BCUT2D eigenvalue weighted by Crippen LogP contribution is -2.30. The van der Waals surface area contributed by atoms with Gasteiger partial charge in [-0.05, 0) is 36.5 Å². The highest BCUT2D eigenvalue weighted by Gasteiger charge is 2.36. The van der Waals surface area contributed by atoms with E-state index in [1.165, 1.54) is 6.07 Å². The highest BCUT2D eigenvalue weighted by molar-refractivity contribution is 6.31. The van der Waals surface area contributed by atoms with Crippen LogP contribution in [0.25, 0.3) is 0 Å². The molecule has 1 aromatic rings. The van der Waals surface area contributed by atoms with E-state index in [0.717, 1.165) is 44.2 Å². The Labute approximate surface area is 128 Å². The Bertz CT molecular complexity index is 530. The van der Waals surface area contributed by atoms with Gasteiger partial charge in [-0.1, -0.05) is 30.9 Å². The Balaban J connectivity index is 2.19. The molecule has 1 aliphatic carbocycles. The number of rotatable bonds is 5. The minimum absolute atomic E-state index is 0.0121. The van der Waals surface area contributed by atoms with Crippen LogP contribution in [0, 0.1) is 11.2 Å². The van der Waals surface area contributed by atoms with E-state index < -0.39 is 17.2 Å². The van der Waals surface area contributed by atoms with Gasteiger partial charge >= 0.3 is 5.97 Å². The van der Waals surface area contributed by atoms with Crippen molar-refractivity contribution in [1.82, 2.24) is 0 Å². The predicted octanol–water partition coefficient (Wildman–Crippen LogP) is 4.48. The van der Waals surface area contributed by atoms with Crippen LogP contribution in [0.15, 0.2) is 18.2 Å². The van der Waals surface area contributed by atoms with Crippen LogP contribution >= 0.6 is 11.6 Å². The number of ketones is 1. The summed E-state index contributed by atoms with van der Waals surface area (Å²) in [5.74, 6) is -1.68. The Morgan fingerprint density at radius 1 is 1.14 bits per heavy atom. The number of carboxylic acid groups (broad SMARTS) is 1. The van der Waals surface area contributed by atoms with Gasteiger partial charge in [-0.15, -0.1) is 0 Å². The molecule has 1 N–H and O–H groups in total. The summed E-state index contributed by atoms with van der Waals surface area (Å²) in [5, 5.41) is 9.29. The Morgan fingerprint density at radius 3 is 2.38 bits per heavy atom. The standard InChI is InChI=1S/C16H18ClFO3/c17-12-6-11(7-13(18)8-12)14(19)9-16(10-15(20)21)4-2-1-3-5-16/h6-8H,1-5,9-10H2,(H,20,21). The topological polar surface area (TPSA) is 54.4 Å². The van der Waals surface area contributed by atoms with Crippen molar-refractivity contribution >= 4 is 23.4 Å². The van der Waals surface area contributed by atoms with Crippen molar-refractivity contribution in [2.24, 2.45) is 5.41 Å². The fourth-order valence-electron chi connectivity index (χ4n) is 3.20. The molecule has 0 radical (unpaired) electrons. The number of carbonyl (C=O) groups is 2. The maximum atomic E-state index is 13.3. The zero-order valence-corrected chi connectivity index (χ0v) is 12.5. The second-order valence-corrected chi connectivity index (χ2v) is 6.33. The van der Waals surface area contributed by atoms with Crippen molar-refractivity contribution in [2.45, 2.75) is 44.9 Å². The normalized spacial score (nSPS) is 17.4. The lowest BCUT2D eigenvalue weighted by Gasteiger charge is -2.35. The van der Waals surface area contributed by atoms with Crippen molar-refractivity contribution in [2.75, 3.05) is 0 Å². The minimum Gasteiger partial charge on any atom is -0.481 e. The molecule has 0 spiro atoms. The summed E-state index contributed by atoms with van der Waals surface area (Å²) in [4.78, 5) is 23.5. The molecule has 1 saturated carbocycles. The van der Waals surface area contributed by atoms with E-state index in [9.17, 15) is 14.0 Å². The van der Waals surface area contributed by atoms with Crippen LogP contribution in [0.2, 0.25) is 5.02 Å². The van der Waals surface area contributed by atoms with Crippen LogP contribution in [0.3, 0.4) is 0 Å². The van der Waals surface area contributed by atoms with Gasteiger partial charge in [0.1, 0.15) is 5.82 Å². The molecule has 0 saturated heterocycles. The van der Waals surface area contributed by atoms with Gasteiger partial charge < -0.3 is 5.11 Å². The molecule has 21 heavy (non-hydrogen) atoms. The van der Waals surface area contributed by atoms with Crippen LogP contribution < -0.4 is 0 Å². The molecule has 2 rings (SSSR count). The van der Waals surface area contributed by atoms with E-state index in [2.05, 4.69) is 0 Å². The van der Waals surface area contributed by atoms with Crippen LogP contribution in [-0.2, 0) is 4.79 Å². The van der Waals surface area contributed by atoms with Gasteiger partial charge in [0.2, 0.25) is 0 Å². The summed E-state index contributed by atoms with van der Waals surface area (Å²) in [7, 11) is 0. The third kappa shape index (κ3) is 4.27. The first kappa shape index (κ1) is 16.0. The average molecular weight is 313 g/mol. The highest BCUT2D eigenvalue weighted by Crippen LogP contribution is 2.43. The molecular formula is C16H18ClFO3. The number of aliphatic carboxylic acids is 1. The predicted molar refractivity (Wildman–Crippen MR) is 78.1 cm³/mol. The van der Waals surface area contributed by atoms with E-state index in [1.807, 2.05) is 0 Å². The first-order chi connectivity index (χ1) is 9.90. The van der Waals surface area contributed by atoms with E-state index in [4.69, 9.17) is 16.7 Å². The third-order valence-electron chi connectivity index (χ3n) is 4.16. The second kappa shape index (κ2) is 6.56. The first-order valence-electron chi connectivity index (χ1n) is 7.11. The van der Waals surface area contributed by atoms with E-state index in [0.29, 0.717) is 0 Å². The largest absolute Gasteiger partial charge is 0.481 e. The molecule has 1 fully saturated rings. The van der Waals surface area contributed by atoms with Gasteiger partial charge in [0.05, 0.1) is 6.42 Å². The monoisotopic (exact) mass is 312 g/mol. The smallest absolute Gasteiger partial charge is 0.303 e. The summed E-state index contributed by atoms with van der Waals surface area (Å²) >= 11 is 5.77. The van der Waals surface area contributed by atoms with Crippen molar-refractivity contribution < 1.29 is 19.1 Å². The van der Waals surface area contributed by atoms with Gasteiger partial charge in [-0.25, -0.2) is 4.39 Å². The van der Waals surface area contributed by atoms with Gasteiger partial charge in [-0.3, -0.25) is 9.59 Å². The minimum atomic E-state index is -0.887. The number of carboxylic acids is 1. The Hall–Kier alpha value is -1.42. The van der Waals surface area contributed by atoms with Crippen LogP contribution in [-0.4, -0.2) is 16.9 Å². The molecule has 114 valence electrons. The molecule has 0 aromatic heterocycles. The molecule has 0 heterocycles. The maximum absolute atomic E-state index is 13.3. The summed E-state index contributed by atoms with van der Waals surface area (Å²) in [5.41, 5.74) is -0.282. The van der Waals surface area contributed by atoms with Crippen molar-refractivity contribution in [1.29, 1.82) is 0 Å². The highest BCUT2D eigenvalue weighted by atomic mass is 35.5. The van der Waals surface area contributed by atoms with Gasteiger partial charge in [0.25, 0.3) is 0 Å². The fourth-order valence-corrected chi connectivity index (χ4v) is 3.42.